The topological polar surface area (TPSA) is 166 Å². The van der Waals surface area contributed by atoms with Crippen LogP contribution in [0, 0.1) is 0 Å². The van der Waals surface area contributed by atoms with E-state index in [1.807, 2.05) is 24.3 Å². The molecule has 232 valence electrons. The molecule has 3 N–H and O–H groups in total. The molecular weight excluding hydrogens is 570 g/mol. The Bertz CT molecular complexity index is 1510. The van der Waals surface area contributed by atoms with Gasteiger partial charge in [-0.3, -0.25) is 14.7 Å². The molecule has 1 fully saturated rings. The zero-order valence-corrected chi connectivity index (χ0v) is 24.8. The van der Waals surface area contributed by atoms with E-state index in [0.29, 0.717) is 49.2 Å². The number of ether oxygens (including phenoxy) is 4. The average Bonchev–Trinajstić information content (AvgIpc) is 3.36. The predicted molar refractivity (Wildman–Crippen MR) is 160 cm³/mol. The average molecular weight is 606 g/mol. The van der Waals surface area contributed by atoms with Gasteiger partial charge in [-0.15, -0.1) is 0 Å². The third-order valence-electron chi connectivity index (χ3n) is 6.44. The summed E-state index contributed by atoms with van der Waals surface area (Å²) < 4.78 is 21.7. The molecule has 5 rings (SSSR count). The van der Waals surface area contributed by atoms with Crippen LogP contribution in [0.4, 0.5) is 21.2 Å². The van der Waals surface area contributed by atoms with Gasteiger partial charge in [-0.05, 0) is 57.5 Å². The zero-order valence-electron chi connectivity index (χ0n) is 24.8. The van der Waals surface area contributed by atoms with Crippen LogP contribution in [0.15, 0.2) is 48.8 Å². The van der Waals surface area contributed by atoms with Crippen LogP contribution in [-0.4, -0.2) is 77.6 Å². The van der Waals surface area contributed by atoms with Crippen LogP contribution in [0.3, 0.4) is 0 Å². The van der Waals surface area contributed by atoms with Gasteiger partial charge in [0.15, 0.2) is 18.2 Å². The number of nitrogens with one attached hydrogen (secondary N) is 3. The molecule has 3 aromatic rings. The number of fused-ring (bicyclic) bond motifs is 1. The molecule has 14 nitrogen and oxygen atoms in total. The summed E-state index contributed by atoms with van der Waals surface area (Å²) in [7, 11) is 0. The van der Waals surface area contributed by atoms with Crippen LogP contribution < -0.4 is 30.3 Å². The molecule has 2 aliphatic rings. The highest BCUT2D eigenvalue weighted by Crippen LogP contribution is 2.30. The maximum Gasteiger partial charge on any atom is 0.415 e. The molecule has 0 aliphatic carbocycles. The number of nitrogens with zero attached hydrogens (tertiary/aromatic N) is 4. The molecule has 0 saturated carbocycles. The lowest BCUT2D eigenvalue weighted by Crippen LogP contribution is -2.34. The summed E-state index contributed by atoms with van der Waals surface area (Å²) >= 11 is 0. The lowest BCUT2D eigenvalue weighted by atomic mass is 10.1. The molecule has 0 spiro atoms. The van der Waals surface area contributed by atoms with Crippen molar-refractivity contribution in [2.75, 3.05) is 43.1 Å². The number of rotatable bonds is 11. The minimum absolute atomic E-state index is 0.0621. The van der Waals surface area contributed by atoms with E-state index < -0.39 is 17.8 Å². The third kappa shape index (κ3) is 8.31. The molecule has 0 unspecified atom stereocenters. The minimum Gasteiger partial charge on any atom is -0.480 e. The number of hydrogen-bond donors (Lipinski definition) is 3. The van der Waals surface area contributed by atoms with Crippen LogP contribution in [0.25, 0.3) is 11.3 Å². The normalized spacial score (nSPS) is 16.0. The van der Waals surface area contributed by atoms with E-state index in [1.54, 1.807) is 39.1 Å². The molecule has 2 aliphatic heterocycles. The van der Waals surface area contributed by atoms with Crippen molar-refractivity contribution >= 4 is 29.7 Å². The summed E-state index contributed by atoms with van der Waals surface area (Å²) in [4.78, 5) is 50.5. The van der Waals surface area contributed by atoms with Crippen LogP contribution >= 0.6 is 0 Å². The lowest BCUT2D eigenvalue weighted by molar-refractivity contribution is -0.118. The number of benzene rings is 1. The number of amides is 3. The van der Waals surface area contributed by atoms with E-state index in [9.17, 15) is 14.4 Å². The summed E-state index contributed by atoms with van der Waals surface area (Å²) in [5, 5.41) is 8.69. The molecule has 0 bridgehead atoms. The molecule has 1 aromatic carbocycles. The second-order valence-electron chi connectivity index (χ2n) is 11.2. The molecule has 4 heterocycles. The van der Waals surface area contributed by atoms with Crippen LogP contribution in [-0.2, 0) is 20.8 Å². The molecule has 1 saturated heterocycles. The van der Waals surface area contributed by atoms with Gasteiger partial charge in [0.1, 0.15) is 24.1 Å². The second-order valence-corrected chi connectivity index (χ2v) is 11.2. The first-order valence-electron chi connectivity index (χ1n) is 14.3. The fourth-order valence-electron chi connectivity index (χ4n) is 4.48. The molecule has 14 heteroatoms. The van der Waals surface area contributed by atoms with E-state index in [0.717, 1.165) is 11.1 Å². The van der Waals surface area contributed by atoms with Gasteiger partial charge in [-0.25, -0.2) is 19.6 Å². The smallest absolute Gasteiger partial charge is 0.415 e. The van der Waals surface area contributed by atoms with Crippen molar-refractivity contribution in [3.05, 3.63) is 54.4 Å². The quantitative estimate of drug-likeness (QED) is 0.275. The number of pyridine rings is 1. The first-order chi connectivity index (χ1) is 21.1. The Morgan fingerprint density at radius 2 is 2.00 bits per heavy atom. The number of carbonyl (C=O) groups is 3. The number of carbonyl (C=O) groups excluding carboxylic acids is 3. The highest BCUT2D eigenvalue weighted by Gasteiger charge is 2.33. The van der Waals surface area contributed by atoms with Gasteiger partial charge in [0.05, 0.1) is 31.2 Å². The number of hydrogen-bond acceptors (Lipinski definition) is 11. The standard InChI is InChI=1S/C30H35N7O7/c1-30(2,3)44-28(39)33-11-12-41-26-16-32-15-22(34-26)20-6-4-5-19(13-20)14-31-10-9-21-17-37(29(40)43-21)24-8-7-23-27(35-24)36-25(38)18-42-23/h4-8,13,15-16,21,31H,9-12,14,17-18H2,1-3H3,(H,33,39)(H,35,36,38)/t21-/m0/s1. The van der Waals surface area contributed by atoms with E-state index in [-0.39, 0.29) is 37.6 Å². The largest absolute Gasteiger partial charge is 0.480 e. The number of anilines is 2. The lowest BCUT2D eigenvalue weighted by Gasteiger charge is -2.19. The van der Waals surface area contributed by atoms with Gasteiger partial charge in [0.2, 0.25) is 5.88 Å². The Labute approximate surface area is 254 Å². The van der Waals surface area contributed by atoms with Crippen molar-refractivity contribution in [1.29, 1.82) is 0 Å². The SMILES string of the molecule is CC(C)(C)OC(=O)NCCOc1cncc(-c2cccc(CNCC[C@H]3CN(c4ccc5c(n4)NC(=O)CO5)C(=O)O3)c2)n1. The summed E-state index contributed by atoms with van der Waals surface area (Å²) in [6, 6.07) is 11.3. The molecule has 2 aromatic heterocycles. The zero-order chi connectivity index (χ0) is 31.1. The van der Waals surface area contributed by atoms with Gasteiger partial charge in [0.25, 0.3) is 5.91 Å². The molecule has 1 atom stereocenters. The van der Waals surface area contributed by atoms with Crippen LogP contribution in [0.2, 0.25) is 0 Å². The number of alkyl carbamates (subject to hydrolysis) is 1. The van der Waals surface area contributed by atoms with Gasteiger partial charge in [0, 0.05) is 12.1 Å². The van der Waals surface area contributed by atoms with Gasteiger partial charge in [-0.2, -0.15) is 0 Å². The second kappa shape index (κ2) is 13.5. The number of aromatic nitrogens is 3. The number of cyclic esters (lactones) is 1. The monoisotopic (exact) mass is 605 g/mol. The fraction of sp³-hybridized carbons (Fsp3) is 0.400. The van der Waals surface area contributed by atoms with E-state index in [1.165, 1.54) is 11.1 Å². The minimum atomic E-state index is -0.568. The first-order valence-corrected chi connectivity index (χ1v) is 14.3. The first kappa shape index (κ1) is 30.5. The van der Waals surface area contributed by atoms with Gasteiger partial charge in [-0.1, -0.05) is 18.2 Å². The third-order valence-corrected chi connectivity index (χ3v) is 6.44. The summed E-state index contributed by atoms with van der Waals surface area (Å²) in [6.45, 7) is 7.39. The Kier molecular flexibility index (Phi) is 9.38. The Balaban J connectivity index is 1.06. The van der Waals surface area contributed by atoms with Gasteiger partial charge >= 0.3 is 12.2 Å². The Hall–Kier alpha value is -4.98. The molecule has 0 radical (unpaired) electrons. The fourth-order valence-corrected chi connectivity index (χ4v) is 4.48. The van der Waals surface area contributed by atoms with Crippen molar-refractivity contribution in [3.63, 3.8) is 0 Å². The van der Waals surface area contributed by atoms with Crippen molar-refractivity contribution in [3.8, 4) is 22.9 Å². The van der Waals surface area contributed by atoms with Gasteiger partial charge < -0.3 is 34.9 Å². The van der Waals surface area contributed by atoms with Crippen molar-refractivity contribution in [2.24, 2.45) is 0 Å². The summed E-state index contributed by atoms with van der Waals surface area (Å²) in [5.41, 5.74) is 2.02. The maximum absolute atomic E-state index is 12.5. The van der Waals surface area contributed by atoms with E-state index in [4.69, 9.17) is 18.9 Å². The van der Waals surface area contributed by atoms with Crippen LogP contribution in [0.5, 0.6) is 11.6 Å². The molecular formula is C30H35N7O7. The maximum atomic E-state index is 12.5. The highest BCUT2D eigenvalue weighted by atomic mass is 16.6. The highest BCUT2D eigenvalue weighted by molar-refractivity contribution is 5.95. The van der Waals surface area contributed by atoms with Crippen molar-refractivity contribution in [1.82, 2.24) is 25.6 Å². The molecule has 3 amide bonds. The van der Waals surface area contributed by atoms with E-state index >= 15 is 0 Å². The van der Waals surface area contributed by atoms with Crippen molar-refractivity contribution in [2.45, 2.75) is 45.4 Å². The summed E-state index contributed by atoms with van der Waals surface area (Å²) in [5.74, 6) is 1.19. The molecule has 44 heavy (non-hydrogen) atoms. The predicted octanol–water partition coefficient (Wildman–Crippen LogP) is 3.28. The Morgan fingerprint density at radius 1 is 1.14 bits per heavy atom. The Morgan fingerprint density at radius 3 is 2.84 bits per heavy atom. The summed E-state index contributed by atoms with van der Waals surface area (Å²) in [6.07, 6.45) is 2.50. The van der Waals surface area contributed by atoms with E-state index in [2.05, 4.69) is 30.9 Å². The van der Waals surface area contributed by atoms with Crippen molar-refractivity contribution < 1.29 is 33.3 Å². The van der Waals surface area contributed by atoms with Crippen LogP contribution in [0.1, 0.15) is 32.8 Å².